The van der Waals surface area contributed by atoms with Crippen LogP contribution >= 0.6 is 12.2 Å². The molecule has 0 saturated heterocycles. The summed E-state index contributed by atoms with van der Waals surface area (Å²) in [6.45, 7) is 3.73. The molecule has 0 unspecified atom stereocenters. The molecular weight excluding hydrogens is 485 g/mol. The number of carbonyl (C=O) groups excluding carboxylic acids is 1. The maximum atomic E-state index is 11.7. The number of benzene rings is 2. The summed E-state index contributed by atoms with van der Waals surface area (Å²) in [6.07, 6.45) is 0. The molecule has 0 atom stereocenters. The van der Waals surface area contributed by atoms with Crippen LogP contribution in [-0.2, 0) is 0 Å². The van der Waals surface area contributed by atoms with Crippen molar-refractivity contribution >= 4 is 43.9 Å². The van der Waals surface area contributed by atoms with Crippen molar-refractivity contribution in [3.8, 4) is 0 Å². The molecule has 0 bridgehead atoms. The van der Waals surface area contributed by atoms with Crippen molar-refractivity contribution < 1.29 is 4.79 Å². The van der Waals surface area contributed by atoms with E-state index in [0.717, 1.165) is 5.56 Å². The first-order chi connectivity index (χ1) is 8.59. The molecule has 92 valence electrons. The zero-order valence-corrected chi connectivity index (χ0v) is 15.4. The van der Waals surface area contributed by atoms with Crippen LogP contribution in [0.3, 0.4) is 0 Å². The minimum absolute atomic E-state index is 0.150. The van der Waals surface area contributed by atoms with E-state index in [9.17, 15) is 4.79 Å². The Morgan fingerprint density at radius 2 is 1.67 bits per heavy atom. The predicted molar refractivity (Wildman–Crippen MR) is 81.6 cm³/mol. The number of hydrogen-bond donors (Lipinski definition) is 0. The number of ketones is 1. The standard InChI is InChI=1S/C8H7O.C7H7.Bi.BrH/c1-7(9)8-5-3-2-4-6-8;1-7-5-3-2-4-6-7;;/h2-5H,1H3;3-6H,1H3;;1H/q;;+1;/p-1. The molecule has 0 N–H and O–H groups in total. The molecule has 0 aromatic heterocycles. The molecule has 0 fully saturated rings. The average molecular weight is 499 g/mol. The van der Waals surface area contributed by atoms with Gasteiger partial charge in [0, 0.05) is 0 Å². The molecule has 2 aromatic carbocycles. The van der Waals surface area contributed by atoms with Gasteiger partial charge in [-0.05, 0) is 0 Å². The number of carbonyl (C=O) groups is 1. The molecule has 2 aromatic rings. The second-order valence-corrected chi connectivity index (χ2v) is 16.5. The summed E-state index contributed by atoms with van der Waals surface area (Å²) in [5, 5.41) is 0. The fraction of sp³-hybridized carbons (Fsp3) is 0.133. The topological polar surface area (TPSA) is 17.1 Å². The summed E-state index contributed by atoms with van der Waals surface area (Å²) in [6, 6.07) is 16.6. The zero-order valence-electron chi connectivity index (χ0n) is 10.4. The van der Waals surface area contributed by atoms with E-state index in [2.05, 4.69) is 49.5 Å². The van der Waals surface area contributed by atoms with Crippen molar-refractivity contribution in [3.05, 3.63) is 59.7 Å². The van der Waals surface area contributed by atoms with Crippen LogP contribution in [0.25, 0.3) is 0 Å². The Hall–Kier alpha value is -0.527. The van der Waals surface area contributed by atoms with Crippen molar-refractivity contribution in [2.75, 3.05) is 0 Å². The minimum atomic E-state index is -2.14. The molecule has 18 heavy (non-hydrogen) atoms. The van der Waals surface area contributed by atoms with E-state index in [1.807, 2.05) is 18.2 Å². The van der Waals surface area contributed by atoms with Crippen LogP contribution in [0, 0.1) is 6.92 Å². The summed E-state index contributed by atoms with van der Waals surface area (Å²) >= 11 is 1.75. The first-order valence-electron chi connectivity index (χ1n) is 5.72. The van der Waals surface area contributed by atoms with Gasteiger partial charge < -0.3 is 0 Å². The van der Waals surface area contributed by atoms with Gasteiger partial charge >= 0.3 is 122 Å². The number of rotatable bonds is 3. The second-order valence-electron chi connectivity index (χ2n) is 4.19. The summed E-state index contributed by atoms with van der Waals surface area (Å²) in [4.78, 5) is 11.7. The Morgan fingerprint density at radius 1 is 1.06 bits per heavy atom. The summed E-state index contributed by atoms with van der Waals surface area (Å²) < 4.78 is 2.59. The molecule has 0 amide bonds. The number of halogens is 1. The normalized spacial score (nSPS) is 10.7. The molecule has 0 aliphatic carbocycles. The number of hydrogen-bond acceptors (Lipinski definition) is 1. The Balaban J connectivity index is 2.42. The van der Waals surface area contributed by atoms with Crippen LogP contribution in [0.4, 0.5) is 0 Å². The average Bonchev–Trinajstić information content (AvgIpc) is 2.39. The summed E-state index contributed by atoms with van der Waals surface area (Å²) in [5.41, 5.74) is 2.14. The van der Waals surface area contributed by atoms with Gasteiger partial charge in [-0.15, -0.1) is 0 Å². The van der Waals surface area contributed by atoms with E-state index in [1.54, 1.807) is 6.92 Å². The van der Waals surface area contributed by atoms with Gasteiger partial charge in [-0.2, -0.15) is 0 Å². The van der Waals surface area contributed by atoms with Gasteiger partial charge in [0.15, 0.2) is 0 Å². The van der Waals surface area contributed by atoms with E-state index in [0.29, 0.717) is 0 Å². The van der Waals surface area contributed by atoms with Gasteiger partial charge in [0.25, 0.3) is 0 Å². The van der Waals surface area contributed by atoms with E-state index in [1.165, 1.54) is 12.1 Å². The third kappa shape index (κ3) is 3.07. The fourth-order valence-electron chi connectivity index (χ4n) is 1.76. The SMILES string of the molecule is CC(=O)c1cccc[c]1[Bi]([Br])[c]1ccc(C)cc1. The third-order valence-electron chi connectivity index (χ3n) is 2.76. The molecule has 3 heteroatoms. The Bertz CT molecular complexity index is 563. The fourth-order valence-corrected chi connectivity index (χ4v) is 11.8. The maximum absolute atomic E-state index is 11.7. The summed E-state index contributed by atoms with van der Waals surface area (Å²) in [5.74, 6) is 0.150. The molecule has 0 heterocycles. The molecule has 1 nitrogen and oxygen atoms in total. The first kappa shape index (κ1) is 13.9. The van der Waals surface area contributed by atoms with Crippen LogP contribution in [0.15, 0.2) is 48.5 Å². The first-order valence-corrected chi connectivity index (χ1v) is 16.7. The van der Waals surface area contributed by atoms with Crippen molar-refractivity contribution in [3.63, 3.8) is 0 Å². The van der Waals surface area contributed by atoms with E-state index in [4.69, 9.17) is 0 Å². The Labute approximate surface area is 121 Å². The van der Waals surface area contributed by atoms with Gasteiger partial charge in [-0.1, -0.05) is 0 Å². The Kier molecular flexibility index (Phi) is 4.69. The second kappa shape index (κ2) is 6.08. The van der Waals surface area contributed by atoms with Crippen molar-refractivity contribution in [1.82, 2.24) is 0 Å². The van der Waals surface area contributed by atoms with Gasteiger partial charge in [0.2, 0.25) is 0 Å². The molecule has 0 radical (unpaired) electrons. The summed E-state index contributed by atoms with van der Waals surface area (Å²) in [7, 11) is 0. The van der Waals surface area contributed by atoms with Crippen molar-refractivity contribution in [2.24, 2.45) is 0 Å². The Morgan fingerprint density at radius 3 is 2.28 bits per heavy atom. The quantitative estimate of drug-likeness (QED) is 0.470. The monoisotopic (exact) mass is 498 g/mol. The number of Topliss-reactive ketones (excluding diaryl/α,β-unsaturated/α-hetero) is 1. The van der Waals surface area contributed by atoms with E-state index >= 15 is 0 Å². The molecule has 0 saturated carbocycles. The predicted octanol–water partition coefficient (Wildman–Crippen LogP) is 2.70. The van der Waals surface area contributed by atoms with Gasteiger partial charge in [0.05, 0.1) is 0 Å². The van der Waals surface area contributed by atoms with Gasteiger partial charge in [-0.3, -0.25) is 0 Å². The molecule has 0 aliphatic heterocycles. The van der Waals surface area contributed by atoms with Crippen LogP contribution < -0.4 is 6.54 Å². The van der Waals surface area contributed by atoms with Crippen LogP contribution in [0.1, 0.15) is 22.8 Å². The molecule has 2 rings (SSSR count). The third-order valence-corrected chi connectivity index (χ3v) is 15.8. The molecule has 0 spiro atoms. The van der Waals surface area contributed by atoms with Crippen LogP contribution in [-0.4, -0.2) is 25.2 Å². The van der Waals surface area contributed by atoms with Crippen molar-refractivity contribution in [1.29, 1.82) is 0 Å². The van der Waals surface area contributed by atoms with E-state index in [-0.39, 0.29) is 5.78 Å². The van der Waals surface area contributed by atoms with Gasteiger partial charge in [0.1, 0.15) is 0 Å². The zero-order chi connectivity index (χ0) is 13.1. The molecular formula is C15H14BiBrO. The van der Waals surface area contributed by atoms with Crippen LogP contribution in [0.2, 0.25) is 0 Å². The van der Waals surface area contributed by atoms with Crippen molar-refractivity contribution in [2.45, 2.75) is 13.8 Å². The van der Waals surface area contributed by atoms with Gasteiger partial charge in [-0.25, -0.2) is 0 Å². The van der Waals surface area contributed by atoms with E-state index < -0.39 is 19.4 Å². The number of aryl methyl sites for hydroxylation is 1. The molecule has 0 aliphatic rings. The van der Waals surface area contributed by atoms with Crippen LogP contribution in [0.5, 0.6) is 0 Å².